The highest BCUT2D eigenvalue weighted by molar-refractivity contribution is 7.13. The van der Waals surface area contributed by atoms with Crippen LogP contribution < -0.4 is 10.1 Å². The molecule has 0 aliphatic heterocycles. The molecule has 0 radical (unpaired) electrons. The van der Waals surface area contributed by atoms with Crippen LogP contribution in [0.15, 0.2) is 47.8 Å². The summed E-state index contributed by atoms with van der Waals surface area (Å²) in [5, 5.41) is 17.6. The maximum Gasteiger partial charge on any atom is 0.187 e. The Balaban J connectivity index is 1.53. The lowest BCUT2D eigenvalue weighted by Crippen LogP contribution is -2.18. The SMILES string of the molecule is CC(C)Oc1ccc2c(C#N)c(-c3ccc(Nc4nc(C(C)(C)C)cs4)cc3)n(C3CCC3)c2c1. The first-order valence-corrected chi connectivity index (χ1v) is 13.2. The molecule has 0 unspecified atom stereocenters. The minimum Gasteiger partial charge on any atom is -0.491 e. The monoisotopic (exact) mass is 484 g/mol. The van der Waals surface area contributed by atoms with Crippen molar-refractivity contribution in [3.8, 4) is 23.1 Å². The Kier molecular flexibility index (Phi) is 6.06. The first kappa shape index (κ1) is 23.4. The highest BCUT2D eigenvalue weighted by Gasteiger charge is 2.28. The van der Waals surface area contributed by atoms with Crippen LogP contribution in [0.1, 0.15) is 71.2 Å². The van der Waals surface area contributed by atoms with Crippen LogP contribution in [-0.2, 0) is 5.41 Å². The fourth-order valence-electron chi connectivity index (χ4n) is 4.57. The summed E-state index contributed by atoms with van der Waals surface area (Å²) in [4.78, 5) is 4.75. The number of hydrogen-bond donors (Lipinski definition) is 1. The molecule has 6 heteroatoms. The Morgan fingerprint density at radius 2 is 1.89 bits per heavy atom. The number of hydrogen-bond acceptors (Lipinski definition) is 5. The van der Waals surface area contributed by atoms with Crippen molar-refractivity contribution < 1.29 is 4.74 Å². The summed E-state index contributed by atoms with van der Waals surface area (Å²) in [6.07, 6.45) is 3.60. The fraction of sp³-hybridized carbons (Fsp3) is 0.379. The molecule has 2 heterocycles. The number of rotatable bonds is 6. The third-order valence-electron chi connectivity index (χ3n) is 6.58. The molecule has 35 heavy (non-hydrogen) atoms. The lowest BCUT2D eigenvalue weighted by molar-refractivity contribution is 0.242. The first-order valence-electron chi connectivity index (χ1n) is 12.3. The molecule has 1 aliphatic rings. The summed E-state index contributed by atoms with van der Waals surface area (Å²) < 4.78 is 8.36. The van der Waals surface area contributed by atoms with Gasteiger partial charge in [-0.15, -0.1) is 11.3 Å². The van der Waals surface area contributed by atoms with Gasteiger partial charge >= 0.3 is 0 Å². The maximum atomic E-state index is 10.2. The number of nitrogens with zero attached hydrogens (tertiary/aromatic N) is 3. The second-order valence-electron chi connectivity index (χ2n) is 10.6. The van der Waals surface area contributed by atoms with Gasteiger partial charge in [-0.05, 0) is 62.9 Å². The van der Waals surface area contributed by atoms with Crippen LogP contribution >= 0.6 is 11.3 Å². The van der Waals surface area contributed by atoms with E-state index < -0.39 is 0 Å². The molecular formula is C29H32N4OS. The molecular weight excluding hydrogens is 452 g/mol. The van der Waals surface area contributed by atoms with Gasteiger partial charge in [0.15, 0.2) is 5.13 Å². The quantitative estimate of drug-likeness (QED) is 0.300. The highest BCUT2D eigenvalue weighted by atomic mass is 32.1. The van der Waals surface area contributed by atoms with E-state index in [1.165, 1.54) is 6.42 Å². The van der Waals surface area contributed by atoms with Crippen LogP contribution in [0, 0.1) is 11.3 Å². The molecule has 180 valence electrons. The van der Waals surface area contributed by atoms with E-state index in [4.69, 9.17) is 9.72 Å². The van der Waals surface area contributed by atoms with Crippen LogP contribution in [0.5, 0.6) is 5.75 Å². The number of nitrogens with one attached hydrogen (secondary N) is 1. The van der Waals surface area contributed by atoms with E-state index in [-0.39, 0.29) is 11.5 Å². The zero-order valence-electron chi connectivity index (χ0n) is 21.1. The average molecular weight is 485 g/mol. The molecule has 4 aromatic rings. The first-order chi connectivity index (χ1) is 16.7. The highest BCUT2D eigenvalue weighted by Crippen LogP contribution is 2.43. The van der Waals surface area contributed by atoms with Crippen molar-refractivity contribution in [2.75, 3.05) is 5.32 Å². The third kappa shape index (κ3) is 4.53. The Morgan fingerprint density at radius 3 is 2.46 bits per heavy atom. The molecule has 1 N–H and O–H groups in total. The van der Waals surface area contributed by atoms with E-state index in [1.807, 2.05) is 26.0 Å². The van der Waals surface area contributed by atoms with Gasteiger partial charge in [0.1, 0.15) is 11.8 Å². The van der Waals surface area contributed by atoms with Gasteiger partial charge in [-0.3, -0.25) is 0 Å². The van der Waals surface area contributed by atoms with Crippen molar-refractivity contribution in [1.82, 2.24) is 9.55 Å². The zero-order valence-corrected chi connectivity index (χ0v) is 21.9. The summed E-state index contributed by atoms with van der Waals surface area (Å²) in [7, 11) is 0. The normalized spacial score (nSPS) is 14.2. The van der Waals surface area contributed by atoms with E-state index in [1.54, 1.807) is 11.3 Å². The Hall–Kier alpha value is -3.30. The molecule has 5 nitrogen and oxygen atoms in total. The molecule has 0 saturated heterocycles. The topological polar surface area (TPSA) is 62.9 Å². The van der Waals surface area contributed by atoms with Crippen molar-refractivity contribution in [3.05, 3.63) is 59.1 Å². The van der Waals surface area contributed by atoms with Crippen molar-refractivity contribution in [3.63, 3.8) is 0 Å². The molecule has 1 fully saturated rings. The van der Waals surface area contributed by atoms with Crippen LogP contribution in [0.2, 0.25) is 0 Å². The average Bonchev–Trinajstić information content (AvgIpc) is 3.36. The van der Waals surface area contributed by atoms with Crippen LogP contribution in [0.25, 0.3) is 22.2 Å². The van der Waals surface area contributed by atoms with Crippen LogP contribution in [-0.4, -0.2) is 15.7 Å². The van der Waals surface area contributed by atoms with Gasteiger partial charge in [0.05, 0.1) is 28.6 Å². The number of ether oxygens (including phenoxy) is 1. The van der Waals surface area contributed by atoms with Gasteiger partial charge in [0.2, 0.25) is 0 Å². The predicted octanol–water partition coefficient (Wildman–Crippen LogP) is 8.19. The van der Waals surface area contributed by atoms with Gasteiger partial charge in [-0.25, -0.2) is 4.98 Å². The molecule has 0 atom stereocenters. The van der Waals surface area contributed by atoms with Crippen molar-refractivity contribution in [2.24, 2.45) is 0 Å². The summed E-state index contributed by atoms with van der Waals surface area (Å²) in [5.74, 6) is 0.847. The lowest BCUT2D eigenvalue weighted by atomic mass is 9.92. The van der Waals surface area contributed by atoms with Crippen LogP contribution in [0.4, 0.5) is 10.8 Å². The second-order valence-corrected chi connectivity index (χ2v) is 11.5. The number of aromatic nitrogens is 2. The van der Waals surface area contributed by atoms with E-state index in [2.05, 4.69) is 72.4 Å². The number of anilines is 2. The minimum atomic E-state index is 0.0307. The number of nitriles is 1. The summed E-state index contributed by atoms with van der Waals surface area (Å²) in [5.41, 5.74) is 5.98. The largest absolute Gasteiger partial charge is 0.491 e. The van der Waals surface area contributed by atoms with E-state index in [0.29, 0.717) is 6.04 Å². The van der Waals surface area contributed by atoms with Crippen molar-refractivity contribution in [1.29, 1.82) is 5.26 Å². The second kappa shape index (κ2) is 9.05. The molecule has 1 saturated carbocycles. The predicted molar refractivity (Wildman–Crippen MR) is 145 cm³/mol. The minimum absolute atomic E-state index is 0.0307. The number of fused-ring (bicyclic) bond motifs is 1. The molecule has 1 aliphatic carbocycles. The maximum absolute atomic E-state index is 10.2. The molecule has 5 rings (SSSR count). The number of thiazole rings is 1. The molecule has 2 aromatic heterocycles. The fourth-order valence-corrected chi connectivity index (χ4v) is 5.52. The van der Waals surface area contributed by atoms with Gasteiger partial charge in [-0.1, -0.05) is 32.9 Å². The Labute approximate surface area is 211 Å². The third-order valence-corrected chi connectivity index (χ3v) is 7.34. The van der Waals surface area contributed by atoms with Crippen molar-refractivity contribution in [2.45, 2.75) is 71.4 Å². The van der Waals surface area contributed by atoms with Crippen molar-refractivity contribution >= 4 is 33.1 Å². The smallest absolute Gasteiger partial charge is 0.187 e. The van der Waals surface area contributed by atoms with E-state index in [9.17, 15) is 5.26 Å². The zero-order chi connectivity index (χ0) is 24.7. The lowest BCUT2D eigenvalue weighted by Gasteiger charge is -2.30. The molecule has 0 amide bonds. The summed E-state index contributed by atoms with van der Waals surface area (Å²) >= 11 is 1.62. The molecule has 0 bridgehead atoms. The summed E-state index contributed by atoms with van der Waals surface area (Å²) in [6.45, 7) is 10.6. The Morgan fingerprint density at radius 1 is 1.14 bits per heavy atom. The van der Waals surface area contributed by atoms with Crippen LogP contribution in [0.3, 0.4) is 0 Å². The number of benzene rings is 2. The van der Waals surface area contributed by atoms with Gasteiger partial charge in [0, 0.05) is 34.0 Å². The van der Waals surface area contributed by atoms with E-state index >= 15 is 0 Å². The van der Waals surface area contributed by atoms with E-state index in [0.717, 1.165) is 62.8 Å². The molecule has 2 aromatic carbocycles. The van der Waals surface area contributed by atoms with Gasteiger partial charge in [-0.2, -0.15) is 5.26 Å². The Bertz CT molecular complexity index is 1400. The van der Waals surface area contributed by atoms with Gasteiger partial charge < -0.3 is 14.6 Å². The molecule has 0 spiro atoms. The summed E-state index contributed by atoms with van der Waals surface area (Å²) in [6, 6.07) is 17.4. The van der Waals surface area contributed by atoms with Gasteiger partial charge in [0.25, 0.3) is 0 Å². The standard InChI is InChI=1S/C29H32N4OS/c1-18(2)34-22-13-14-23-24(16-30)27(33(25(23)15-22)21-7-6-8-21)19-9-11-20(12-10-19)31-28-32-26(17-35-28)29(3,4)5/h9-15,17-18,21H,6-8H2,1-5H3,(H,31,32).